The zero-order chi connectivity index (χ0) is 25.4. The van der Waals surface area contributed by atoms with Crippen molar-refractivity contribution >= 4 is 0 Å². The predicted molar refractivity (Wildman–Crippen MR) is 140 cm³/mol. The Kier molecular flexibility index (Phi) is 23.0. The standard InChI is InChI=1S/C28H58O6/c1-6-11-12-13-14-15-16-17-18-19-20-21-22-23-24-25-26-34-27(29,30-7-2)28(31-8-3,32-9-4)33-10-5/h29H,6-26H2,1-5H3. The molecule has 1 N–H and O–H groups in total. The Labute approximate surface area is 211 Å². The lowest BCUT2D eigenvalue weighted by Gasteiger charge is -2.42. The van der Waals surface area contributed by atoms with Gasteiger partial charge in [-0.2, -0.15) is 0 Å². The Balaban J connectivity index is 3.96. The molecule has 0 radical (unpaired) electrons. The van der Waals surface area contributed by atoms with Crippen LogP contribution in [0.2, 0.25) is 0 Å². The number of aliphatic hydroxyl groups is 1. The maximum atomic E-state index is 11.1. The van der Waals surface area contributed by atoms with Crippen molar-refractivity contribution in [2.24, 2.45) is 0 Å². The molecule has 0 rings (SSSR count). The van der Waals surface area contributed by atoms with Crippen molar-refractivity contribution in [3.63, 3.8) is 0 Å². The summed E-state index contributed by atoms with van der Waals surface area (Å²) in [4.78, 5) is 0. The van der Waals surface area contributed by atoms with E-state index in [1.807, 2.05) is 20.8 Å². The minimum absolute atomic E-state index is 0.241. The van der Waals surface area contributed by atoms with Gasteiger partial charge in [-0.3, -0.25) is 0 Å². The summed E-state index contributed by atoms with van der Waals surface area (Å²) in [7, 11) is 0. The van der Waals surface area contributed by atoms with Crippen LogP contribution in [0.5, 0.6) is 0 Å². The van der Waals surface area contributed by atoms with Gasteiger partial charge in [0.2, 0.25) is 0 Å². The lowest BCUT2D eigenvalue weighted by Crippen LogP contribution is -2.63. The molecule has 0 aromatic heterocycles. The zero-order valence-corrected chi connectivity index (χ0v) is 23.3. The minimum Gasteiger partial charge on any atom is -0.337 e. The fourth-order valence-electron chi connectivity index (χ4n) is 4.24. The number of rotatable bonds is 27. The van der Waals surface area contributed by atoms with E-state index < -0.39 is 11.9 Å². The molecule has 0 aliphatic carbocycles. The van der Waals surface area contributed by atoms with Crippen LogP contribution < -0.4 is 0 Å². The molecule has 206 valence electrons. The highest BCUT2D eigenvalue weighted by molar-refractivity contribution is 4.72. The molecule has 0 aromatic carbocycles. The van der Waals surface area contributed by atoms with E-state index in [0.717, 1.165) is 12.8 Å². The molecular formula is C28H58O6. The summed E-state index contributed by atoms with van der Waals surface area (Å²) >= 11 is 0. The first kappa shape index (κ1) is 33.8. The molecule has 6 nitrogen and oxygen atoms in total. The third kappa shape index (κ3) is 15.0. The topological polar surface area (TPSA) is 66.4 Å². The van der Waals surface area contributed by atoms with Crippen LogP contribution in [0, 0.1) is 0 Å². The van der Waals surface area contributed by atoms with Crippen LogP contribution in [0.15, 0.2) is 0 Å². The SMILES string of the molecule is CCCCCCCCCCCCCCCCCCOC(O)(OCC)C(OCC)(OCC)OCC. The van der Waals surface area contributed by atoms with Crippen molar-refractivity contribution in [2.45, 2.75) is 149 Å². The molecule has 34 heavy (non-hydrogen) atoms. The summed E-state index contributed by atoms with van der Waals surface area (Å²) in [6, 6.07) is 0. The van der Waals surface area contributed by atoms with Crippen LogP contribution in [0.4, 0.5) is 0 Å². The largest absolute Gasteiger partial charge is 0.370 e. The average molecular weight is 491 g/mol. The highest BCUT2D eigenvalue weighted by atomic mass is 17.0. The van der Waals surface area contributed by atoms with Gasteiger partial charge >= 0.3 is 11.9 Å². The molecule has 1 unspecified atom stereocenters. The molecule has 0 aromatic rings. The van der Waals surface area contributed by atoms with Crippen LogP contribution in [-0.2, 0) is 23.7 Å². The summed E-state index contributed by atoms with van der Waals surface area (Å²) in [5, 5.41) is 11.1. The van der Waals surface area contributed by atoms with Crippen molar-refractivity contribution in [3.8, 4) is 0 Å². The molecule has 0 saturated carbocycles. The molecule has 0 spiro atoms. The molecule has 0 aliphatic rings. The first-order chi connectivity index (χ1) is 16.6. The summed E-state index contributed by atoms with van der Waals surface area (Å²) in [5.41, 5.74) is 0. The van der Waals surface area contributed by atoms with Crippen molar-refractivity contribution in [1.29, 1.82) is 0 Å². The lowest BCUT2D eigenvalue weighted by atomic mass is 10.0. The summed E-state index contributed by atoms with van der Waals surface area (Å²) < 4.78 is 28.3. The molecule has 0 fully saturated rings. The summed E-state index contributed by atoms with van der Waals surface area (Å²) in [5.74, 6) is -3.91. The van der Waals surface area contributed by atoms with E-state index >= 15 is 0 Å². The van der Waals surface area contributed by atoms with Crippen molar-refractivity contribution in [3.05, 3.63) is 0 Å². The molecular weight excluding hydrogens is 432 g/mol. The molecule has 1 atom stereocenters. The fourth-order valence-corrected chi connectivity index (χ4v) is 4.24. The first-order valence-electron chi connectivity index (χ1n) is 14.5. The van der Waals surface area contributed by atoms with Gasteiger partial charge in [-0.25, -0.2) is 0 Å². The Morgan fingerprint density at radius 3 is 1.06 bits per heavy atom. The van der Waals surface area contributed by atoms with Crippen LogP contribution in [0.3, 0.4) is 0 Å². The second-order valence-corrected chi connectivity index (χ2v) is 9.02. The van der Waals surface area contributed by atoms with E-state index in [1.165, 1.54) is 89.9 Å². The van der Waals surface area contributed by atoms with Gasteiger partial charge in [0.25, 0.3) is 0 Å². The molecule has 0 bridgehead atoms. The lowest BCUT2D eigenvalue weighted by molar-refractivity contribution is -0.552. The van der Waals surface area contributed by atoms with Gasteiger partial charge in [-0.05, 0) is 34.1 Å². The van der Waals surface area contributed by atoms with Gasteiger partial charge in [0, 0.05) is 26.4 Å². The monoisotopic (exact) mass is 490 g/mol. The van der Waals surface area contributed by atoms with Crippen molar-refractivity contribution in [2.75, 3.05) is 33.0 Å². The molecule has 6 heteroatoms. The maximum Gasteiger partial charge on any atom is 0.370 e. The van der Waals surface area contributed by atoms with Crippen LogP contribution in [-0.4, -0.2) is 50.1 Å². The zero-order valence-electron chi connectivity index (χ0n) is 23.3. The van der Waals surface area contributed by atoms with E-state index in [-0.39, 0.29) is 26.4 Å². The van der Waals surface area contributed by atoms with Gasteiger partial charge in [-0.15, -0.1) is 0 Å². The normalized spacial score (nSPS) is 13.9. The molecule has 0 saturated heterocycles. The quantitative estimate of drug-likeness (QED) is 0.0939. The second kappa shape index (κ2) is 23.2. The number of hydrogen-bond acceptors (Lipinski definition) is 6. The fraction of sp³-hybridized carbons (Fsp3) is 1.00. The van der Waals surface area contributed by atoms with E-state index in [0.29, 0.717) is 6.61 Å². The van der Waals surface area contributed by atoms with E-state index in [4.69, 9.17) is 23.7 Å². The highest BCUT2D eigenvalue weighted by Crippen LogP contribution is 2.33. The summed E-state index contributed by atoms with van der Waals surface area (Å²) in [6.07, 6.45) is 21.0. The second-order valence-electron chi connectivity index (χ2n) is 9.02. The van der Waals surface area contributed by atoms with Gasteiger partial charge in [0.1, 0.15) is 0 Å². The Morgan fingerprint density at radius 1 is 0.412 bits per heavy atom. The molecule has 0 amide bonds. The minimum atomic E-state index is -2.11. The van der Waals surface area contributed by atoms with E-state index in [1.54, 1.807) is 6.92 Å². The van der Waals surface area contributed by atoms with Gasteiger partial charge in [-0.1, -0.05) is 103 Å². The molecule has 0 aliphatic heterocycles. The van der Waals surface area contributed by atoms with Crippen LogP contribution >= 0.6 is 0 Å². The average Bonchev–Trinajstić information content (AvgIpc) is 2.81. The first-order valence-corrected chi connectivity index (χ1v) is 14.5. The summed E-state index contributed by atoms with van der Waals surface area (Å²) in [6.45, 7) is 11.0. The Morgan fingerprint density at radius 2 is 0.735 bits per heavy atom. The number of hydrogen-bond donors (Lipinski definition) is 1. The molecule has 0 heterocycles. The Hall–Kier alpha value is -0.240. The smallest absolute Gasteiger partial charge is 0.337 e. The van der Waals surface area contributed by atoms with E-state index in [2.05, 4.69) is 6.92 Å². The Bertz CT molecular complexity index is 403. The van der Waals surface area contributed by atoms with Crippen LogP contribution in [0.1, 0.15) is 137 Å². The maximum absolute atomic E-state index is 11.1. The van der Waals surface area contributed by atoms with Crippen molar-refractivity contribution < 1.29 is 28.8 Å². The predicted octanol–water partition coefficient (Wildman–Crippen LogP) is 7.71. The van der Waals surface area contributed by atoms with E-state index in [9.17, 15) is 5.11 Å². The third-order valence-electron chi connectivity index (χ3n) is 6.03. The number of ether oxygens (including phenoxy) is 5. The van der Waals surface area contributed by atoms with Gasteiger partial charge in [0.05, 0.1) is 6.61 Å². The third-order valence-corrected chi connectivity index (χ3v) is 6.03. The van der Waals surface area contributed by atoms with Crippen molar-refractivity contribution in [1.82, 2.24) is 0 Å². The van der Waals surface area contributed by atoms with Gasteiger partial charge < -0.3 is 28.8 Å². The van der Waals surface area contributed by atoms with Gasteiger partial charge in [0.15, 0.2) is 0 Å². The van der Waals surface area contributed by atoms with Crippen LogP contribution in [0.25, 0.3) is 0 Å². The highest BCUT2D eigenvalue weighted by Gasteiger charge is 2.58. The number of unbranched alkanes of at least 4 members (excludes halogenated alkanes) is 15.